The van der Waals surface area contributed by atoms with Crippen molar-refractivity contribution in [3.63, 3.8) is 0 Å². The van der Waals surface area contributed by atoms with E-state index in [9.17, 15) is 19.5 Å². The maximum atomic E-state index is 11.6. The van der Waals surface area contributed by atoms with Crippen LogP contribution in [0.4, 0.5) is 0 Å². The average molecular weight is 513 g/mol. The molecule has 0 unspecified atom stereocenters. The molecule has 6 heteroatoms. The Morgan fingerprint density at radius 3 is 0.806 bits per heavy atom. The summed E-state index contributed by atoms with van der Waals surface area (Å²) < 4.78 is 0. The minimum Gasteiger partial charge on any atom is -0.481 e. The Kier molecular flexibility index (Phi) is 25.3. The van der Waals surface area contributed by atoms with Crippen molar-refractivity contribution in [2.45, 2.75) is 167 Å². The normalized spacial score (nSPS) is 11.2. The molecule has 212 valence electrons. The summed E-state index contributed by atoms with van der Waals surface area (Å²) >= 11 is 0. The summed E-state index contributed by atoms with van der Waals surface area (Å²) in [6.45, 7) is 0. The lowest BCUT2D eigenvalue weighted by atomic mass is 9.94. The minimum absolute atomic E-state index is 0.174. The highest BCUT2D eigenvalue weighted by Crippen LogP contribution is 2.20. The van der Waals surface area contributed by atoms with Crippen molar-refractivity contribution >= 4 is 17.9 Å². The quantitative estimate of drug-likeness (QED) is 0.0862. The number of hydrogen-bond donors (Lipinski definition) is 3. The minimum atomic E-state index is -0.692. The van der Waals surface area contributed by atoms with Crippen molar-refractivity contribution in [3.8, 4) is 0 Å². The van der Waals surface area contributed by atoms with E-state index in [1.165, 1.54) is 77.0 Å². The lowest BCUT2D eigenvalue weighted by Crippen LogP contribution is -2.13. The topological polar surface area (TPSA) is 112 Å². The third-order valence-corrected chi connectivity index (χ3v) is 7.24. The molecule has 0 aliphatic rings. The Hall–Kier alpha value is -1.59. The van der Waals surface area contributed by atoms with Crippen LogP contribution >= 0.6 is 0 Å². The molecule has 0 bridgehead atoms. The standard InChI is InChI=1S/C30H56O6/c31-28(32)25-21-17-13-9-5-1-3-7-11-15-19-23-27(30(35)36)24-20-16-12-8-4-2-6-10-14-18-22-26-29(33)34/h27H,1-26H2,(H,31,32)(H,33,34)(H,35,36). The monoisotopic (exact) mass is 512 g/mol. The van der Waals surface area contributed by atoms with Crippen LogP contribution in [0.1, 0.15) is 167 Å². The van der Waals surface area contributed by atoms with E-state index in [1.54, 1.807) is 0 Å². The number of rotatable bonds is 29. The first-order chi connectivity index (χ1) is 17.4. The van der Waals surface area contributed by atoms with Gasteiger partial charge >= 0.3 is 17.9 Å². The molecule has 0 radical (unpaired) electrons. The van der Waals surface area contributed by atoms with Gasteiger partial charge in [0.05, 0.1) is 5.92 Å². The smallest absolute Gasteiger partial charge is 0.306 e. The molecule has 0 aliphatic carbocycles. The fourth-order valence-electron chi connectivity index (χ4n) is 4.91. The van der Waals surface area contributed by atoms with E-state index in [0.29, 0.717) is 12.8 Å². The van der Waals surface area contributed by atoms with Gasteiger partial charge in [-0.2, -0.15) is 0 Å². The van der Waals surface area contributed by atoms with Gasteiger partial charge in [-0.3, -0.25) is 14.4 Å². The second-order valence-corrected chi connectivity index (χ2v) is 10.7. The molecule has 0 spiro atoms. The largest absolute Gasteiger partial charge is 0.481 e. The van der Waals surface area contributed by atoms with Crippen LogP contribution in [0.25, 0.3) is 0 Å². The van der Waals surface area contributed by atoms with Crippen molar-refractivity contribution in [2.75, 3.05) is 0 Å². The second kappa shape index (κ2) is 26.5. The molecule has 0 aliphatic heterocycles. The van der Waals surface area contributed by atoms with Crippen LogP contribution in [0.5, 0.6) is 0 Å². The summed E-state index contributed by atoms with van der Waals surface area (Å²) in [5.41, 5.74) is 0. The fraction of sp³-hybridized carbons (Fsp3) is 0.900. The molecule has 3 N–H and O–H groups in total. The first-order valence-electron chi connectivity index (χ1n) is 15.1. The predicted molar refractivity (Wildman–Crippen MR) is 146 cm³/mol. The molecular weight excluding hydrogens is 456 g/mol. The summed E-state index contributed by atoms with van der Waals surface area (Å²) in [7, 11) is 0. The highest BCUT2D eigenvalue weighted by Gasteiger charge is 2.16. The number of hydrogen-bond acceptors (Lipinski definition) is 3. The lowest BCUT2D eigenvalue weighted by molar-refractivity contribution is -0.142. The van der Waals surface area contributed by atoms with Gasteiger partial charge in [0.15, 0.2) is 0 Å². The van der Waals surface area contributed by atoms with E-state index in [0.717, 1.165) is 77.0 Å². The van der Waals surface area contributed by atoms with Crippen molar-refractivity contribution in [3.05, 3.63) is 0 Å². The predicted octanol–water partition coefficient (Wildman–Crippen LogP) is 9.00. The van der Waals surface area contributed by atoms with Gasteiger partial charge in [-0.15, -0.1) is 0 Å². The molecule has 0 aromatic heterocycles. The molecule has 0 aromatic rings. The lowest BCUT2D eigenvalue weighted by Gasteiger charge is -2.12. The van der Waals surface area contributed by atoms with Gasteiger partial charge in [0.2, 0.25) is 0 Å². The van der Waals surface area contributed by atoms with Gasteiger partial charge in [-0.05, 0) is 25.7 Å². The maximum Gasteiger partial charge on any atom is 0.306 e. The van der Waals surface area contributed by atoms with Gasteiger partial charge < -0.3 is 15.3 Å². The van der Waals surface area contributed by atoms with Crippen molar-refractivity contribution < 1.29 is 29.7 Å². The highest BCUT2D eigenvalue weighted by molar-refractivity contribution is 5.69. The van der Waals surface area contributed by atoms with Crippen LogP contribution in [0.15, 0.2) is 0 Å². The summed E-state index contributed by atoms with van der Waals surface area (Å²) in [6, 6.07) is 0. The summed E-state index contributed by atoms with van der Waals surface area (Å²) in [6.07, 6.45) is 27.3. The summed E-state index contributed by atoms with van der Waals surface area (Å²) in [5.74, 6) is -2.18. The van der Waals surface area contributed by atoms with Gasteiger partial charge in [0.25, 0.3) is 0 Å². The van der Waals surface area contributed by atoms with E-state index in [2.05, 4.69) is 0 Å². The molecule has 0 amide bonds. The van der Waals surface area contributed by atoms with Crippen LogP contribution < -0.4 is 0 Å². The van der Waals surface area contributed by atoms with Crippen LogP contribution in [0.3, 0.4) is 0 Å². The Labute approximate surface area is 220 Å². The molecule has 0 saturated heterocycles. The van der Waals surface area contributed by atoms with Crippen LogP contribution in [-0.4, -0.2) is 33.2 Å². The fourth-order valence-corrected chi connectivity index (χ4v) is 4.91. The Morgan fingerprint density at radius 1 is 0.361 bits per heavy atom. The van der Waals surface area contributed by atoms with E-state index >= 15 is 0 Å². The van der Waals surface area contributed by atoms with Crippen molar-refractivity contribution in [1.29, 1.82) is 0 Å². The average Bonchev–Trinajstić information content (AvgIpc) is 2.82. The molecule has 0 heterocycles. The maximum absolute atomic E-state index is 11.6. The Bertz CT molecular complexity index is 494. The Balaban J connectivity index is 3.43. The zero-order chi connectivity index (χ0) is 26.7. The first-order valence-corrected chi connectivity index (χ1v) is 15.1. The first kappa shape index (κ1) is 34.4. The van der Waals surface area contributed by atoms with E-state index < -0.39 is 17.9 Å². The van der Waals surface area contributed by atoms with E-state index in [4.69, 9.17) is 10.2 Å². The third kappa shape index (κ3) is 27.0. The molecule has 0 fully saturated rings. The van der Waals surface area contributed by atoms with Gasteiger partial charge in [0, 0.05) is 12.8 Å². The van der Waals surface area contributed by atoms with E-state index in [-0.39, 0.29) is 5.92 Å². The van der Waals surface area contributed by atoms with Crippen LogP contribution in [0, 0.1) is 5.92 Å². The molecule has 36 heavy (non-hydrogen) atoms. The number of carboxylic acids is 3. The zero-order valence-corrected chi connectivity index (χ0v) is 23.0. The third-order valence-electron chi connectivity index (χ3n) is 7.24. The number of carboxylic acid groups (broad SMARTS) is 3. The summed E-state index contributed by atoms with van der Waals surface area (Å²) in [5, 5.41) is 26.8. The van der Waals surface area contributed by atoms with Crippen molar-refractivity contribution in [2.24, 2.45) is 5.92 Å². The second-order valence-electron chi connectivity index (χ2n) is 10.7. The molecule has 0 saturated carbocycles. The van der Waals surface area contributed by atoms with Crippen molar-refractivity contribution in [1.82, 2.24) is 0 Å². The van der Waals surface area contributed by atoms with Crippen LogP contribution in [0.2, 0.25) is 0 Å². The van der Waals surface area contributed by atoms with E-state index in [1.807, 2.05) is 0 Å². The molecular formula is C30H56O6. The molecule has 0 rings (SSSR count). The molecule has 0 aromatic carbocycles. The zero-order valence-electron chi connectivity index (χ0n) is 23.0. The van der Waals surface area contributed by atoms with Gasteiger partial charge in [-0.25, -0.2) is 0 Å². The number of aliphatic carboxylic acids is 3. The molecule has 0 atom stereocenters. The van der Waals surface area contributed by atoms with Crippen LogP contribution in [-0.2, 0) is 14.4 Å². The van der Waals surface area contributed by atoms with Gasteiger partial charge in [-0.1, -0.05) is 128 Å². The highest BCUT2D eigenvalue weighted by atomic mass is 16.4. The number of carbonyl (C=O) groups is 3. The number of unbranched alkanes of at least 4 members (excludes halogenated alkanes) is 20. The Morgan fingerprint density at radius 2 is 0.583 bits per heavy atom. The molecule has 6 nitrogen and oxygen atoms in total. The van der Waals surface area contributed by atoms with Gasteiger partial charge in [0.1, 0.15) is 0 Å². The summed E-state index contributed by atoms with van der Waals surface area (Å²) in [4.78, 5) is 32.5. The SMILES string of the molecule is O=C(O)CCCCCCCCCCCCCC(CCCCCCCCCCCCCC(=O)O)C(=O)O.